The predicted molar refractivity (Wildman–Crippen MR) is 126 cm³/mol. The summed E-state index contributed by atoms with van der Waals surface area (Å²) < 4.78 is 10.5. The second kappa shape index (κ2) is 12.5. The number of guanidine groups is 1. The number of unbranched alkanes of at least 4 members (excludes halogenated alkanes) is 2. The molecule has 1 aliphatic rings. The summed E-state index contributed by atoms with van der Waals surface area (Å²) in [7, 11) is 3.46. The van der Waals surface area contributed by atoms with E-state index in [1.807, 2.05) is 31.3 Å². The van der Waals surface area contributed by atoms with E-state index >= 15 is 0 Å². The molecular weight excluding hydrogens is 481 g/mol. The lowest BCUT2D eigenvalue weighted by Gasteiger charge is -2.16. The maximum absolute atomic E-state index is 5.37. The Hall–Kier alpha value is -2.10. The van der Waals surface area contributed by atoms with Crippen LogP contribution in [0.2, 0.25) is 0 Å². The molecule has 8 heteroatoms. The van der Waals surface area contributed by atoms with Crippen molar-refractivity contribution in [2.24, 2.45) is 4.99 Å². The molecule has 1 aliphatic carbocycles. The van der Waals surface area contributed by atoms with Gasteiger partial charge < -0.3 is 19.9 Å². The summed E-state index contributed by atoms with van der Waals surface area (Å²) in [4.78, 5) is 8.77. The van der Waals surface area contributed by atoms with Crippen LogP contribution < -0.4 is 15.4 Å². The minimum atomic E-state index is 0. The van der Waals surface area contributed by atoms with Gasteiger partial charge in [-0.15, -0.1) is 24.0 Å². The van der Waals surface area contributed by atoms with E-state index in [4.69, 9.17) is 9.26 Å². The number of aromatic nitrogens is 2. The Balaban J connectivity index is 0.00000300. The van der Waals surface area contributed by atoms with E-state index in [1.54, 1.807) is 7.11 Å². The SMILES string of the molecule is CN=C(NCCCCCc1nc(-c2ccc(OC)cc2)no1)NC1CC=CC1.I. The maximum Gasteiger partial charge on any atom is 0.226 e. The van der Waals surface area contributed by atoms with Gasteiger partial charge in [0, 0.05) is 31.6 Å². The molecule has 7 nitrogen and oxygen atoms in total. The molecule has 0 atom stereocenters. The van der Waals surface area contributed by atoms with Crippen LogP contribution in [0.3, 0.4) is 0 Å². The summed E-state index contributed by atoms with van der Waals surface area (Å²) >= 11 is 0. The number of hydrogen-bond acceptors (Lipinski definition) is 5. The predicted octanol–water partition coefficient (Wildman–Crippen LogP) is 3.96. The Labute approximate surface area is 189 Å². The fourth-order valence-corrected chi connectivity index (χ4v) is 3.12. The lowest BCUT2D eigenvalue weighted by atomic mass is 10.2. The van der Waals surface area contributed by atoms with Crippen molar-refractivity contribution in [1.29, 1.82) is 0 Å². The van der Waals surface area contributed by atoms with Crippen molar-refractivity contribution in [1.82, 2.24) is 20.8 Å². The topological polar surface area (TPSA) is 84.6 Å². The zero-order valence-corrected chi connectivity index (χ0v) is 19.4. The van der Waals surface area contributed by atoms with Crippen molar-refractivity contribution < 1.29 is 9.26 Å². The number of nitrogens with one attached hydrogen (secondary N) is 2. The fourth-order valence-electron chi connectivity index (χ4n) is 3.12. The Kier molecular flexibility index (Phi) is 9.96. The summed E-state index contributed by atoms with van der Waals surface area (Å²) in [5, 5.41) is 10.9. The number of aryl methyl sites for hydroxylation is 1. The van der Waals surface area contributed by atoms with Gasteiger partial charge >= 0.3 is 0 Å². The largest absolute Gasteiger partial charge is 0.497 e. The number of nitrogens with zero attached hydrogens (tertiary/aromatic N) is 3. The molecule has 0 unspecified atom stereocenters. The second-order valence-corrected chi connectivity index (χ2v) is 6.83. The van der Waals surface area contributed by atoms with Gasteiger partial charge in [-0.3, -0.25) is 4.99 Å². The third-order valence-electron chi connectivity index (χ3n) is 4.75. The van der Waals surface area contributed by atoms with E-state index in [1.165, 1.54) is 0 Å². The van der Waals surface area contributed by atoms with Crippen molar-refractivity contribution in [2.45, 2.75) is 44.6 Å². The van der Waals surface area contributed by atoms with Crippen LogP contribution in [0.4, 0.5) is 0 Å². The molecule has 2 N–H and O–H groups in total. The van der Waals surface area contributed by atoms with E-state index in [0.29, 0.717) is 17.8 Å². The van der Waals surface area contributed by atoms with Crippen LogP contribution in [0, 0.1) is 0 Å². The molecule has 0 spiro atoms. The molecule has 2 aromatic rings. The maximum atomic E-state index is 5.37. The van der Waals surface area contributed by atoms with Gasteiger partial charge in [0.15, 0.2) is 5.96 Å². The standard InChI is InChI=1S/C21H29N5O2.HI/c1-22-21(24-17-8-5-6-9-17)23-15-7-3-4-10-19-25-20(26-28-19)16-11-13-18(27-2)14-12-16;/h5-6,11-14,17H,3-4,7-10,15H2,1-2H3,(H2,22,23,24);1H. The molecule has 3 rings (SSSR count). The Morgan fingerprint density at radius 2 is 1.93 bits per heavy atom. The monoisotopic (exact) mass is 511 g/mol. The van der Waals surface area contributed by atoms with E-state index in [0.717, 1.165) is 62.3 Å². The first-order chi connectivity index (χ1) is 13.8. The van der Waals surface area contributed by atoms with Crippen molar-refractivity contribution in [2.75, 3.05) is 20.7 Å². The van der Waals surface area contributed by atoms with Gasteiger partial charge in [0.25, 0.3) is 0 Å². The summed E-state index contributed by atoms with van der Waals surface area (Å²) in [6, 6.07) is 8.13. The van der Waals surface area contributed by atoms with Crippen LogP contribution in [-0.4, -0.2) is 42.8 Å². The van der Waals surface area contributed by atoms with E-state index < -0.39 is 0 Å². The number of halogens is 1. The molecule has 0 saturated heterocycles. The average Bonchev–Trinajstić information content (AvgIpc) is 3.42. The molecule has 0 aliphatic heterocycles. The van der Waals surface area contributed by atoms with Crippen LogP contribution >= 0.6 is 24.0 Å². The molecule has 0 saturated carbocycles. The highest BCUT2D eigenvalue weighted by atomic mass is 127. The summed E-state index contributed by atoms with van der Waals surface area (Å²) in [6.07, 6.45) is 10.5. The van der Waals surface area contributed by atoms with Gasteiger partial charge in [-0.25, -0.2) is 0 Å². The molecule has 0 amide bonds. The summed E-state index contributed by atoms with van der Waals surface area (Å²) in [5.74, 6) is 3.00. The second-order valence-electron chi connectivity index (χ2n) is 6.83. The molecule has 29 heavy (non-hydrogen) atoms. The highest BCUT2D eigenvalue weighted by Crippen LogP contribution is 2.20. The summed E-state index contributed by atoms with van der Waals surface area (Å²) in [5.41, 5.74) is 0.927. The minimum Gasteiger partial charge on any atom is -0.497 e. The summed E-state index contributed by atoms with van der Waals surface area (Å²) in [6.45, 7) is 0.904. The number of rotatable bonds is 9. The Bertz CT molecular complexity index is 781. The van der Waals surface area contributed by atoms with Gasteiger partial charge in [0.05, 0.1) is 7.11 Å². The van der Waals surface area contributed by atoms with E-state index in [2.05, 4.69) is 37.9 Å². The molecular formula is C21H30IN5O2. The zero-order chi connectivity index (χ0) is 19.6. The first-order valence-corrected chi connectivity index (χ1v) is 9.87. The average molecular weight is 511 g/mol. The van der Waals surface area contributed by atoms with Crippen LogP contribution in [0.25, 0.3) is 11.4 Å². The lowest BCUT2D eigenvalue weighted by molar-refractivity contribution is 0.374. The van der Waals surface area contributed by atoms with Crippen molar-refractivity contribution in [3.8, 4) is 17.1 Å². The number of benzene rings is 1. The minimum absolute atomic E-state index is 0. The van der Waals surface area contributed by atoms with Crippen LogP contribution in [0.1, 0.15) is 38.0 Å². The van der Waals surface area contributed by atoms with E-state index in [-0.39, 0.29) is 24.0 Å². The third-order valence-corrected chi connectivity index (χ3v) is 4.75. The quantitative estimate of drug-likeness (QED) is 0.174. The number of methoxy groups -OCH3 is 1. The van der Waals surface area contributed by atoms with Crippen molar-refractivity contribution in [3.05, 3.63) is 42.3 Å². The molecule has 1 aromatic carbocycles. The first-order valence-electron chi connectivity index (χ1n) is 9.87. The highest BCUT2D eigenvalue weighted by molar-refractivity contribution is 14.0. The smallest absolute Gasteiger partial charge is 0.226 e. The van der Waals surface area contributed by atoms with Crippen LogP contribution in [-0.2, 0) is 6.42 Å². The fraction of sp³-hybridized carbons (Fsp3) is 0.476. The number of ether oxygens (including phenoxy) is 1. The third kappa shape index (κ3) is 7.34. The van der Waals surface area contributed by atoms with Gasteiger partial charge in [0.1, 0.15) is 5.75 Å². The molecule has 0 radical (unpaired) electrons. The number of hydrogen-bond donors (Lipinski definition) is 2. The van der Waals surface area contributed by atoms with Gasteiger partial charge in [-0.05, 0) is 49.9 Å². The Morgan fingerprint density at radius 1 is 1.17 bits per heavy atom. The van der Waals surface area contributed by atoms with E-state index in [9.17, 15) is 0 Å². The van der Waals surface area contributed by atoms with Gasteiger partial charge in [-0.2, -0.15) is 4.98 Å². The Morgan fingerprint density at radius 3 is 2.62 bits per heavy atom. The highest BCUT2D eigenvalue weighted by Gasteiger charge is 2.11. The van der Waals surface area contributed by atoms with Crippen molar-refractivity contribution >= 4 is 29.9 Å². The van der Waals surface area contributed by atoms with Crippen LogP contribution in [0.15, 0.2) is 45.9 Å². The molecule has 1 heterocycles. The molecule has 0 fully saturated rings. The first kappa shape index (κ1) is 23.2. The molecule has 0 bridgehead atoms. The van der Waals surface area contributed by atoms with Crippen LogP contribution in [0.5, 0.6) is 5.75 Å². The normalized spacial score (nSPS) is 13.9. The molecule has 158 valence electrons. The molecule has 1 aromatic heterocycles. The van der Waals surface area contributed by atoms with Gasteiger partial charge in [0.2, 0.25) is 11.7 Å². The number of aliphatic imine (C=N–C) groups is 1. The zero-order valence-electron chi connectivity index (χ0n) is 17.1. The lowest BCUT2D eigenvalue weighted by Crippen LogP contribution is -2.42. The van der Waals surface area contributed by atoms with Crippen molar-refractivity contribution in [3.63, 3.8) is 0 Å². The van der Waals surface area contributed by atoms with Gasteiger partial charge in [-0.1, -0.05) is 23.7 Å².